The van der Waals surface area contributed by atoms with Crippen LogP contribution in [0.25, 0.3) is 0 Å². The molecule has 0 unspecified atom stereocenters. The Morgan fingerprint density at radius 3 is 2.59 bits per heavy atom. The van der Waals surface area contributed by atoms with Gasteiger partial charge in [-0.25, -0.2) is 0 Å². The van der Waals surface area contributed by atoms with E-state index in [4.69, 9.17) is 0 Å². The Bertz CT molecular complexity index is 473. The first-order chi connectivity index (χ1) is 8.24. The van der Waals surface area contributed by atoms with Crippen molar-refractivity contribution < 1.29 is 0 Å². The van der Waals surface area contributed by atoms with Gasteiger partial charge >= 0.3 is 0 Å². The van der Waals surface area contributed by atoms with Crippen molar-refractivity contribution in [3.05, 3.63) is 58.6 Å². The fraction of sp³-hybridized carbons (Fsp3) is 0.231. The summed E-state index contributed by atoms with van der Waals surface area (Å²) in [6.45, 7) is 1.77. The molecule has 88 valence electrons. The fourth-order valence-corrected chi connectivity index (χ4v) is 2.13. The van der Waals surface area contributed by atoms with Gasteiger partial charge in [-0.3, -0.25) is 14.9 Å². The third kappa shape index (κ3) is 3.91. The van der Waals surface area contributed by atoms with Gasteiger partial charge in [-0.1, -0.05) is 6.07 Å². The summed E-state index contributed by atoms with van der Waals surface area (Å²) in [6.07, 6.45) is 7.38. The van der Waals surface area contributed by atoms with Crippen molar-refractivity contribution in [1.82, 2.24) is 14.9 Å². The Kier molecular flexibility index (Phi) is 4.23. The van der Waals surface area contributed by atoms with E-state index in [1.54, 1.807) is 12.4 Å². The predicted molar refractivity (Wildman–Crippen MR) is 71.3 cm³/mol. The average Bonchev–Trinajstić information content (AvgIpc) is 2.30. The van der Waals surface area contributed by atoms with Gasteiger partial charge in [0.1, 0.15) is 0 Å². The molecule has 0 aliphatic rings. The van der Waals surface area contributed by atoms with E-state index in [1.165, 1.54) is 11.1 Å². The van der Waals surface area contributed by atoms with Crippen molar-refractivity contribution in [2.45, 2.75) is 13.1 Å². The second-order valence-corrected chi connectivity index (χ2v) is 4.96. The van der Waals surface area contributed by atoms with E-state index in [1.807, 2.05) is 18.5 Å². The Morgan fingerprint density at radius 1 is 1.12 bits per heavy atom. The predicted octanol–water partition coefficient (Wildman–Crippen LogP) is 2.87. The van der Waals surface area contributed by atoms with Crippen LogP contribution in [0.5, 0.6) is 0 Å². The molecule has 2 aromatic heterocycles. The van der Waals surface area contributed by atoms with Gasteiger partial charge in [0.2, 0.25) is 0 Å². The number of pyridine rings is 2. The van der Waals surface area contributed by atoms with Crippen LogP contribution >= 0.6 is 15.9 Å². The number of nitrogens with zero attached hydrogens (tertiary/aromatic N) is 3. The van der Waals surface area contributed by atoms with E-state index in [0.29, 0.717) is 0 Å². The molecule has 0 fully saturated rings. The first-order valence-corrected chi connectivity index (χ1v) is 6.20. The van der Waals surface area contributed by atoms with Gasteiger partial charge in [-0.2, -0.15) is 0 Å². The second-order valence-electron chi connectivity index (χ2n) is 4.04. The van der Waals surface area contributed by atoms with E-state index >= 15 is 0 Å². The molecule has 0 aliphatic carbocycles. The van der Waals surface area contributed by atoms with Crippen LogP contribution in [0.3, 0.4) is 0 Å². The quantitative estimate of drug-likeness (QED) is 0.867. The van der Waals surface area contributed by atoms with E-state index in [2.05, 4.69) is 50.0 Å². The highest BCUT2D eigenvalue weighted by molar-refractivity contribution is 9.10. The van der Waals surface area contributed by atoms with Crippen molar-refractivity contribution in [3.8, 4) is 0 Å². The largest absolute Gasteiger partial charge is 0.298 e. The lowest BCUT2D eigenvalue weighted by Gasteiger charge is -2.16. The summed E-state index contributed by atoms with van der Waals surface area (Å²) in [4.78, 5) is 10.5. The van der Waals surface area contributed by atoms with Crippen LogP contribution < -0.4 is 0 Å². The minimum absolute atomic E-state index is 0.876. The summed E-state index contributed by atoms with van der Waals surface area (Å²) in [5.41, 5.74) is 2.42. The molecular weight excluding hydrogens is 278 g/mol. The Morgan fingerprint density at radius 2 is 1.88 bits per heavy atom. The standard InChI is InChI=1S/C13H14BrN3/c1-17(9-11-3-2-4-15-6-11)10-12-5-13(14)8-16-7-12/h2-8H,9-10H2,1H3. The van der Waals surface area contributed by atoms with Crippen LogP contribution in [0, 0.1) is 0 Å². The molecule has 0 N–H and O–H groups in total. The molecule has 2 aromatic rings. The maximum absolute atomic E-state index is 4.16. The molecule has 0 aromatic carbocycles. The number of halogens is 1. The normalized spacial score (nSPS) is 10.8. The minimum Gasteiger partial charge on any atom is -0.298 e. The Hall–Kier alpha value is -1.26. The first kappa shape index (κ1) is 12.2. The third-order valence-corrected chi connectivity index (χ3v) is 2.82. The number of aromatic nitrogens is 2. The highest BCUT2D eigenvalue weighted by atomic mass is 79.9. The van der Waals surface area contributed by atoms with Crippen LogP contribution in [0.1, 0.15) is 11.1 Å². The van der Waals surface area contributed by atoms with Gasteiger partial charge in [-0.15, -0.1) is 0 Å². The van der Waals surface area contributed by atoms with Gasteiger partial charge in [0.05, 0.1) is 0 Å². The molecular formula is C13H14BrN3. The second kappa shape index (κ2) is 5.89. The van der Waals surface area contributed by atoms with Crippen LogP contribution in [-0.2, 0) is 13.1 Å². The van der Waals surface area contributed by atoms with Crippen molar-refractivity contribution >= 4 is 15.9 Å². The fourth-order valence-electron chi connectivity index (χ4n) is 1.71. The molecule has 2 heterocycles. The zero-order valence-electron chi connectivity index (χ0n) is 9.68. The van der Waals surface area contributed by atoms with Gasteiger partial charge in [-0.05, 0) is 46.2 Å². The maximum atomic E-state index is 4.16. The van der Waals surface area contributed by atoms with E-state index in [0.717, 1.165) is 17.6 Å². The first-order valence-electron chi connectivity index (χ1n) is 5.41. The molecule has 17 heavy (non-hydrogen) atoms. The lowest BCUT2D eigenvalue weighted by Crippen LogP contribution is -2.17. The van der Waals surface area contributed by atoms with Gasteiger partial charge in [0, 0.05) is 42.3 Å². The molecule has 0 saturated heterocycles. The van der Waals surface area contributed by atoms with Crippen LogP contribution in [0.4, 0.5) is 0 Å². The highest BCUT2D eigenvalue weighted by Crippen LogP contribution is 2.12. The summed E-state index contributed by atoms with van der Waals surface area (Å²) in [5.74, 6) is 0. The average molecular weight is 292 g/mol. The van der Waals surface area contributed by atoms with Crippen molar-refractivity contribution in [2.24, 2.45) is 0 Å². The zero-order chi connectivity index (χ0) is 12.1. The zero-order valence-corrected chi connectivity index (χ0v) is 11.3. The Balaban J connectivity index is 1.96. The molecule has 2 rings (SSSR count). The maximum Gasteiger partial charge on any atom is 0.0410 e. The molecule has 4 heteroatoms. The number of hydrogen-bond donors (Lipinski definition) is 0. The molecule has 0 radical (unpaired) electrons. The van der Waals surface area contributed by atoms with E-state index < -0.39 is 0 Å². The van der Waals surface area contributed by atoms with Gasteiger partial charge < -0.3 is 0 Å². The van der Waals surface area contributed by atoms with Crippen LogP contribution in [-0.4, -0.2) is 21.9 Å². The lowest BCUT2D eigenvalue weighted by molar-refractivity contribution is 0.318. The smallest absolute Gasteiger partial charge is 0.0410 e. The van der Waals surface area contributed by atoms with Gasteiger partial charge in [0.25, 0.3) is 0 Å². The molecule has 0 saturated carbocycles. The SMILES string of the molecule is CN(Cc1cccnc1)Cc1cncc(Br)c1. The minimum atomic E-state index is 0.876. The summed E-state index contributed by atoms with van der Waals surface area (Å²) >= 11 is 3.43. The highest BCUT2D eigenvalue weighted by Gasteiger charge is 2.02. The summed E-state index contributed by atoms with van der Waals surface area (Å²) in [6, 6.07) is 6.14. The van der Waals surface area contributed by atoms with Crippen LogP contribution in [0.15, 0.2) is 47.5 Å². The molecule has 3 nitrogen and oxygen atoms in total. The third-order valence-electron chi connectivity index (χ3n) is 2.39. The monoisotopic (exact) mass is 291 g/mol. The lowest BCUT2D eigenvalue weighted by atomic mass is 10.2. The van der Waals surface area contributed by atoms with Crippen molar-refractivity contribution in [1.29, 1.82) is 0 Å². The number of rotatable bonds is 4. The summed E-state index contributed by atoms with van der Waals surface area (Å²) < 4.78 is 1.02. The van der Waals surface area contributed by atoms with E-state index in [9.17, 15) is 0 Å². The molecule has 0 amide bonds. The molecule has 0 atom stereocenters. The van der Waals surface area contributed by atoms with Crippen LogP contribution in [0.2, 0.25) is 0 Å². The van der Waals surface area contributed by atoms with Gasteiger partial charge in [0.15, 0.2) is 0 Å². The number of hydrogen-bond acceptors (Lipinski definition) is 3. The topological polar surface area (TPSA) is 29.0 Å². The summed E-state index contributed by atoms with van der Waals surface area (Å²) in [5, 5.41) is 0. The van der Waals surface area contributed by atoms with E-state index in [-0.39, 0.29) is 0 Å². The summed E-state index contributed by atoms with van der Waals surface area (Å²) in [7, 11) is 2.09. The van der Waals surface area contributed by atoms with Crippen molar-refractivity contribution in [2.75, 3.05) is 7.05 Å². The molecule has 0 bridgehead atoms. The van der Waals surface area contributed by atoms with Crippen molar-refractivity contribution in [3.63, 3.8) is 0 Å². The Labute approximate surface area is 110 Å². The molecule has 0 spiro atoms. The molecule has 0 aliphatic heterocycles.